The van der Waals surface area contributed by atoms with Gasteiger partial charge in [-0.1, -0.05) is 0 Å². The number of imidazole rings is 1. The second-order valence-corrected chi connectivity index (χ2v) is 4.69. The van der Waals surface area contributed by atoms with Gasteiger partial charge in [-0.25, -0.2) is 4.98 Å². The summed E-state index contributed by atoms with van der Waals surface area (Å²) < 4.78 is 3.88. The molecule has 0 atom stereocenters. The molecule has 0 amide bonds. The molecule has 0 fully saturated rings. The van der Waals surface area contributed by atoms with Crippen molar-refractivity contribution < 1.29 is 0 Å². The van der Waals surface area contributed by atoms with Crippen molar-refractivity contribution in [1.29, 1.82) is 0 Å². The summed E-state index contributed by atoms with van der Waals surface area (Å²) in [6.07, 6.45) is 3.48. The Kier molecular flexibility index (Phi) is 2.51. The molecule has 98 valence electrons. The van der Waals surface area contributed by atoms with E-state index in [1.807, 2.05) is 29.3 Å². The maximum Gasteiger partial charge on any atom is 0.201 e. The SMILES string of the molecule is Cc1nn(C)c(C)c1Cn1c(N)nc2cnccc21. The van der Waals surface area contributed by atoms with E-state index in [0.717, 1.165) is 22.4 Å². The first-order chi connectivity index (χ1) is 9.08. The summed E-state index contributed by atoms with van der Waals surface area (Å²) in [5.74, 6) is 0.505. The molecule has 0 aliphatic rings. The van der Waals surface area contributed by atoms with Gasteiger partial charge in [0.1, 0.15) is 5.52 Å². The van der Waals surface area contributed by atoms with Crippen LogP contribution < -0.4 is 5.73 Å². The van der Waals surface area contributed by atoms with Crippen LogP contribution in [0.1, 0.15) is 17.0 Å². The van der Waals surface area contributed by atoms with Gasteiger partial charge >= 0.3 is 0 Å². The zero-order valence-corrected chi connectivity index (χ0v) is 11.3. The smallest absolute Gasteiger partial charge is 0.201 e. The lowest BCUT2D eigenvalue weighted by Gasteiger charge is -2.07. The van der Waals surface area contributed by atoms with E-state index in [1.165, 1.54) is 5.56 Å². The van der Waals surface area contributed by atoms with Gasteiger partial charge in [-0.05, 0) is 19.9 Å². The molecule has 19 heavy (non-hydrogen) atoms. The van der Waals surface area contributed by atoms with Crippen LogP contribution in [0.4, 0.5) is 5.95 Å². The van der Waals surface area contributed by atoms with Crippen LogP contribution in [0, 0.1) is 13.8 Å². The number of fused-ring (bicyclic) bond motifs is 1. The molecular weight excluding hydrogens is 240 g/mol. The number of nitrogens with zero attached hydrogens (tertiary/aromatic N) is 5. The summed E-state index contributed by atoms with van der Waals surface area (Å²) in [6, 6.07) is 1.93. The number of anilines is 1. The fraction of sp³-hybridized carbons (Fsp3) is 0.308. The molecule has 0 aliphatic carbocycles. The largest absolute Gasteiger partial charge is 0.369 e. The third-order valence-corrected chi connectivity index (χ3v) is 3.56. The van der Waals surface area contributed by atoms with Gasteiger partial charge in [0.25, 0.3) is 0 Å². The third-order valence-electron chi connectivity index (χ3n) is 3.56. The molecule has 3 aromatic rings. The Bertz CT molecular complexity index is 752. The molecule has 0 saturated heterocycles. The summed E-state index contributed by atoms with van der Waals surface area (Å²) in [4.78, 5) is 8.39. The minimum Gasteiger partial charge on any atom is -0.369 e. The van der Waals surface area contributed by atoms with Gasteiger partial charge in [0, 0.05) is 24.5 Å². The topological polar surface area (TPSA) is 74.5 Å². The summed E-state index contributed by atoms with van der Waals surface area (Å²) >= 11 is 0. The van der Waals surface area contributed by atoms with Crippen molar-refractivity contribution in [2.24, 2.45) is 7.05 Å². The van der Waals surface area contributed by atoms with Crippen molar-refractivity contribution in [2.75, 3.05) is 5.73 Å². The second-order valence-electron chi connectivity index (χ2n) is 4.69. The van der Waals surface area contributed by atoms with Gasteiger partial charge in [0.05, 0.1) is 24.0 Å². The van der Waals surface area contributed by atoms with Crippen molar-refractivity contribution in [3.05, 3.63) is 35.4 Å². The Hall–Kier alpha value is -2.37. The minimum atomic E-state index is 0.505. The van der Waals surface area contributed by atoms with Crippen LogP contribution >= 0.6 is 0 Å². The highest BCUT2D eigenvalue weighted by atomic mass is 15.3. The molecule has 2 N–H and O–H groups in total. The average Bonchev–Trinajstić information content (AvgIpc) is 2.82. The molecular formula is C13H16N6. The van der Waals surface area contributed by atoms with Crippen molar-refractivity contribution in [2.45, 2.75) is 20.4 Å². The lowest BCUT2D eigenvalue weighted by molar-refractivity contribution is 0.728. The third kappa shape index (κ3) is 1.76. The normalized spacial score (nSPS) is 11.3. The Morgan fingerprint density at radius 2 is 2.11 bits per heavy atom. The average molecular weight is 256 g/mol. The van der Waals surface area contributed by atoms with Gasteiger partial charge in [-0.3, -0.25) is 9.67 Å². The molecule has 3 heterocycles. The van der Waals surface area contributed by atoms with Crippen molar-refractivity contribution in [3.8, 4) is 0 Å². The Balaban J connectivity index is 2.13. The first-order valence-electron chi connectivity index (χ1n) is 6.12. The summed E-state index contributed by atoms with van der Waals surface area (Å²) in [5.41, 5.74) is 11.2. The van der Waals surface area contributed by atoms with E-state index in [2.05, 4.69) is 22.0 Å². The summed E-state index contributed by atoms with van der Waals surface area (Å²) in [7, 11) is 1.95. The summed E-state index contributed by atoms with van der Waals surface area (Å²) in [5, 5.41) is 4.43. The van der Waals surface area contributed by atoms with Crippen LogP contribution in [0.25, 0.3) is 11.0 Å². The highest BCUT2D eigenvalue weighted by Gasteiger charge is 2.14. The van der Waals surface area contributed by atoms with Crippen LogP contribution in [0.3, 0.4) is 0 Å². The lowest BCUT2D eigenvalue weighted by Crippen LogP contribution is -2.06. The van der Waals surface area contributed by atoms with E-state index in [1.54, 1.807) is 12.4 Å². The van der Waals surface area contributed by atoms with Gasteiger partial charge in [0.2, 0.25) is 5.95 Å². The number of aryl methyl sites for hydroxylation is 2. The van der Waals surface area contributed by atoms with Crippen molar-refractivity contribution in [3.63, 3.8) is 0 Å². The zero-order chi connectivity index (χ0) is 13.6. The van der Waals surface area contributed by atoms with Gasteiger partial charge in [-0.2, -0.15) is 5.10 Å². The first kappa shape index (κ1) is 11.7. The van der Waals surface area contributed by atoms with Crippen molar-refractivity contribution >= 4 is 17.0 Å². The predicted octanol–water partition coefficient (Wildman–Crippen LogP) is 1.41. The predicted molar refractivity (Wildman–Crippen MR) is 73.7 cm³/mol. The fourth-order valence-corrected chi connectivity index (χ4v) is 2.37. The van der Waals surface area contributed by atoms with Crippen LogP contribution in [-0.2, 0) is 13.6 Å². The minimum absolute atomic E-state index is 0.505. The number of hydrogen-bond acceptors (Lipinski definition) is 4. The van der Waals surface area contributed by atoms with Crippen LogP contribution in [0.2, 0.25) is 0 Å². The first-order valence-corrected chi connectivity index (χ1v) is 6.12. The Labute approximate surface area is 110 Å². The molecule has 6 heteroatoms. The second kappa shape index (κ2) is 4.08. The van der Waals surface area contributed by atoms with Gasteiger partial charge in [-0.15, -0.1) is 0 Å². The standard InChI is InChI=1S/C13H16N6/c1-8-10(9(2)18(3)17-8)7-19-12-4-5-15-6-11(12)16-13(19)14/h4-6H,7H2,1-3H3,(H2,14,16). The quantitative estimate of drug-likeness (QED) is 0.752. The number of aromatic nitrogens is 5. The number of nitrogens with two attached hydrogens (primary N) is 1. The Morgan fingerprint density at radius 3 is 2.79 bits per heavy atom. The lowest BCUT2D eigenvalue weighted by atomic mass is 10.2. The number of pyridine rings is 1. The molecule has 0 spiro atoms. The molecule has 3 rings (SSSR count). The fourth-order valence-electron chi connectivity index (χ4n) is 2.37. The number of hydrogen-bond donors (Lipinski definition) is 1. The molecule has 0 aliphatic heterocycles. The molecule has 3 aromatic heterocycles. The Morgan fingerprint density at radius 1 is 1.32 bits per heavy atom. The van der Waals surface area contributed by atoms with E-state index in [4.69, 9.17) is 5.73 Å². The highest BCUT2D eigenvalue weighted by Crippen LogP contribution is 2.21. The van der Waals surface area contributed by atoms with Gasteiger partial charge < -0.3 is 10.3 Å². The van der Waals surface area contributed by atoms with E-state index < -0.39 is 0 Å². The van der Waals surface area contributed by atoms with Crippen molar-refractivity contribution in [1.82, 2.24) is 24.3 Å². The summed E-state index contributed by atoms with van der Waals surface area (Å²) in [6.45, 7) is 4.75. The molecule has 0 radical (unpaired) electrons. The maximum absolute atomic E-state index is 6.00. The molecule has 0 bridgehead atoms. The van der Waals surface area contributed by atoms with E-state index >= 15 is 0 Å². The van der Waals surface area contributed by atoms with Crippen LogP contribution in [0.5, 0.6) is 0 Å². The van der Waals surface area contributed by atoms with Crippen LogP contribution in [0.15, 0.2) is 18.5 Å². The molecule has 0 unspecified atom stereocenters. The number of rotatable bonds is 2. The molecule has 0 aromatic carbocycles. The van der Waals surface area contributed by atoms with Crippen LogP contribution in [-0.4, -0.2) is 24.3 Å². The zero-order valence-electron chi connectivity index (χ0n) is 11.3. The molecule has 0 saturated carbocycles. The van der Waals surface area contributed by atoms with E-state index in [0.29, 0.717) is 12.5 Å². The van der Waals surface area contributed by atoms with Gasteiger partial charge in [0.15, 0.2) is 0 Å². The number of nitrogen functional groups attached to an aromatic ring is 1. The van der Waals surface area contributed by atoms with E-state index in [9.17, 15) is 0 Å². The monoisotopic (exact) mass is 256 g/mol. The molecule has 6 nitrogen and oxygen atoms in total. The maximum atomic E-state index is 6.00. The van der Waals surface area contributed by atoms with E-state index in [-0.39, 0.29) is 0 Å². The highest BCUT2D eigenvalue weighted by molar-refractivity contribution is 5.77.